The van der Waals surface area contributed by atoms with E-state index in [9.17, 15) is 43.2 Å². The molecule has 0 aromatic carbocycles. The normalized spacial score (nSPS) is 14.3. The van der Waals surface area contributed by atoms with Crippen LogP contribution >= 0.6 is 15.6 Å². The highest BCUT2D eigenvalue weighted by molar-refractivity contribution is 7.47. The van der Waals surface area contributed by atoms with Gasteiger partial charge in [0.1, 0.15) is 19.3 Å². The number of unbranched alkanes of at least 4 members (excludes halogenated alkanes) is 56. The van der Waals surface area contributed by atoms with E-state index >= 15 is 0 Å². The van der Waals surface area contributed by atoms with Gasteiger partial charge in [0.15, 0.2) is 12.2 Å². The number of aliphatic hydroxyl groups excluding tert-OH is 1. The van der Waals surface area contributed by atoms with Gasteiger partial charge in [-0.2, -0.15) is 0 Å². The average Bonchev–Trinajstić information content (AvgIpc) is 0.898. The third-order valence-corrected chi connectivity index (χ3v) is 24.3. The minimum absolute atomic E-state index is 0.108. The quantitative estimate of drug-likeness (QED) is 0.0222. The van der Waals surface area contributed by atoms with Gasteiger partial charge in [-0.1, -0.05) is 440 Å². The molecule has 0 spiro atoms. The van der Waals surface area contributed by atoms with Gasteiger partial charge < -0.3 is 33.8 Å². The van der Waals surface area contributed by atoms with Crippen molar-refractivity contribution in [1.29, 1.82) is 0 Å². The lowest BCUT2D eigenvalue weighted by atomic mass is 9.99. The number of hydrogen-bond acceptors (Lipinski definition) is 15. The smallest absolute Gasteiger partial charge is 0.462 e. The molecule has 0 aliphatic carbocycles. The Morgan fingerprint density at radius 1 is 0.261 bits per heavy atom. The summed E-state index contributed by atoms with van der Waals surface area (Å²) < 4.78 is 69.1. The van der Waals surface area contributed by atoms with Gasteiger partial charge in [0.05, 0.1) is 26.4 Å². The molecule has 0 rings (SSSR count). The maximum Gasteiger partial charge on any atom is 0.472 e. The third kappa shape index (κ3) is 82.9. The maximum absolute atomic E-state index is 13.2. The fourth-order valence-electron chi connectivity index (χ4n) is 14.4. The maximum atomic E-state index is 13.2. The van der Waals surface area contributed by atoms with Crippen LogP contribution in [-0.4, -0.2) is 96.7 Å². The molecule has 0 aliphatic rings. The second-order valence-corrected chi connectivity index (χ2v) is 36.9. The molecule has 111 heavy (non-hydrogen) atoms. The zero-order valence-corrected chi connectivity index (χ0v) is 75.2. The van der Waals surface area contributed by atoms with Crippen molar-refractivity contribution in [3.63, 3.8) is 0 Å². The first-order chi connectivity index (χ1) is 53.8. The summed E-state index contributed by atoms with van der Waals surface area (Å²) in [7, 11) is -9.94. The Hall–Kier alpha value is -1.94. The lowest BCUT2D eigenvalue weighted by molar-refractivity contribution is -0.161. The molecule has 660 valence electrons. The first-order valence-electron chi connectivity index (χ1n) is 47.4. The molecule has 0 saturated carbocycles. The fourth-order valence-corrected chi connectivity index (χ4v) is 15.9. The molecule has 0 aromatic rings. The summed E-state index contributed by atoms with van der Waals surface area (Å²) in [4.78, 5) is 73.5. The number of aliphatic hydroxyl groups is 1. The van der Waals surface area contributed by atoms with E-state index in [1.807, 2.05) is 0 Å². The Morgan fingerprint density at radius 3 is 0.685 bits per heavy atom. The summed E-state index contributed by atoms with van der Waals surface area (Å²) in [5.41, 5.74) is 0. The molecule has 0 aliphatic heterocycles. The van der Waals surface area contributed by atoms with Crippen LogP contribution in [0.3, 0.4) is 0 Å². The Kier molecular flexibility index (Phi) is 80.4. The molecule has 17 nitrogen and oxygen atoms in total. The van der Waals surface area contributed by atoms with Crippen molar-refractivity contribution in [1.82, 2.24) is 0 Å². The van der Waals surface area contributed by atoms with E-state index < -0.39 is 97.5 Å². The number of phosphoric acid groups is 2. The Bertz CT molecular complexity index is 2130. The molecule has 0 heterocycles. The number of carbonyl (C=O) groups excluding carboxylic acids is 4. The zero-order chi connectivity index (χ0) is 81.5. The van der Waals surface area contributed by atoms with E-state index in [0.29, 0.717) is 25.7 Å². The van der Waals surface area contributed by atoms with Gasteiger partial charge in [0.2, 0.25) is 0 Å². The Labute approximate surface area is 683 Å². The van der Waals surface area contributed by atoms with Gasteiger partial charge in [-0.05, 0) is 43.4 Å². The predicted octanol–water partition coefficient (Wildman–Crippen LogP) is 28.4. The van der Waals surface area contributed by atoms with Gasteiger partial charge in [-0.3, -0.25) is 37.3 Å². The first-order valence-corrected chi connectivity index (χ1v) is 50.4. The molecular formula is C92H180O17P2. The molecule has 0 amide bonds. The second-order valence-electron chi connectivity index (χ2n) is 34.0. The van der Waals surface area contributed by atoms with Crippen molar-refractivity contribution in [2.45, 2.75) is 510 Å². The molecule has 0 saturated heterocycles. The topological polar surface area (TPSA) is 237 Å². The zero-order valence-electron chi connectivity index (χ0n) is 73.4. The van der Waals surface area contributed by atoms with Crippen molar-refractivity contribution in [3.8, 4) is 0 Å². The van der Waals surface area contributed by atoms with Crippen LogP contribution in [0.25, 0.3) is 0 Å². The number of carbonyl (C=O) groups is 4. The monoisotopic (exact) mass is 1620 g/mol. The Morgan fingerprint density at radius 2 is 0.459 bits per heavy atom. The first kappa shape index (κ1) is 109. The van der Waals surface area contributed by atoms with Crippen molar-refractivity contribution in [2.75, 3.05) is 39.6 Å². The molecule has 4 unspecified atom stereocenters. The standard InChI is InChI=1S/C92H180O17P2/c1-8-11-12-13-14-15-16-17-18-19-23-30-35-40-45-54-61-68-76-92(97)109-88(80-103-90(95)74-67-60-53-48-47-51-58-65-72-85(7)10-3)82-107-111(100,101)105-78-86(93)77-104-110(98,99)106-81-87(79-102-89(94)73-66-59-52-44-39-34-29-26-25-27-32-37-42-49-56-63-70-83(4)5)108-91(96)75-69-62-55-46-41-36-31-24-21-20-22-28-33-38-43-50-57-64-71-84(6)9-2/h83-88,93H,8-82H2,1-7H3,(H,98,99)(H,100,101)/t84?,85?,86-,87-,88-/m1/s1. The van der Waals surface area contributed by atoms with Crippen molar-refractivity contribution in [3.05, 3.63) is 0 Å². The molecule has 0 radical (unpaired) electrons. The van der Waals surface area contributed by atoms with E-state index in [4.69, 9.17) is 37.0 Å². The lowest BCUT2D eigenvalue weighted by Crippen LogP contribution is -2.30. The summed E-state index contributed by atoms with van der Waals surface area (Å²) in [5, 5.41) is 10.7. The number of esters is 4. The highest BCUT2D eigenvalue weighted by Crippen LogP contribution is 2.45. The van der Waals surface area contributed by atoms with Crippen LogP contribution in [0.2, 0.25) is 0 Å². The van der Waals surface area contributed by atoms with E-state index in [1.165, 1.54) is 302 Å². The second kappa shape index (κ2) is 81.8. The molecule has 19 heteroatoms. The SMILES string of the molecule is CCCCCCCCCCCCCCCCCCCCC(=O)O[C@H](COC(=O)CCCCCCCCCCC(C)CC)COP(=O)(O)OC[C@H](O)COP(=O)(O)OC[C@@H](COC(=O)CCCCCCCCCCCCCCCCCCC(C)C)OC(=O)CCCCCCCCCCCCCCCCCCCCC(C)CC. The minimum Gasteiger partial charge on any atom is -0.462 e. The average molecular weight is 1620 g/mol. The highest BCUT2D eigenvalue weighted by atomic mass is 31.2. The molecular weight excluding hydrogens is 1440 g/mol. The summed E-state index contributed by atoms with van der Waals surface area (Å²) in [6, 6.07) is 0. The van der Waals surface area contributed by atoms with Gasteiger partial charge in [0, 0.05) is 25.7 Å². The largest absolute Gasteiger partial charge is 0.472 e. The summed E-state index contributed by atoms with van der Waals surface area (Å²) in [6.07, 6.45) is 74.9. The van der Waals surface area contributed by atoms with Crippen molar-refractivity contribution >= 4 is 39.5 Å². The van der Waals surface area contributed by atoms with Crippen molar-refractivity contribution in [2.24, 2.45) is 17.8 Å². The lowest BCUT2D eigenvalue weighted by Gasteiger charge is -2.21. The van der Waals surface area contributed by atoms with Crippen LogP contribution in [0.15, 0.2) is 0 Å². The van der Waals surface area contributed by atoms with Crippen LogP contribution in [0.1, 0.15) is 492 Å². The van der Waals surface area contributed by atoms with Gasteiger partial charge in [-0.25, -0.2) is 9.13 Å². The summed E-state index contributed by atoms with van der Waals surface area (Å²) in [5.74, 6) is 0.364. The van der Waals surface area contributed by atoms with E-state index in [-0.39, 0.29) is 25.7 Å². The minimum atomic E-state index is -4.97. The van der Waals surface area contributed by atoms with E-state index in [1.54, 1.807) is 0 Å². The van der Waals surface area contributed by atoms with E-state index in [2.05, 4.69) is 48.5 Å². The Balaban J connectivity index is 5.25. The van der Waals surface area contributed by atoms with Crippen LogP contribution in [0.4, 0.5) is 0 Å². The van der Waals surface area contributed by atoms with Crippen LogP contribution in [0, 0.1) is 17.8 Å². The number of rotatable bonds is 90. The predicted molar refractivity (Wildman–Crippen MR) is 460 cm³/mol. The number of ether oxygens (including phenoxy) is 4. The highest BCUT2D eigenvalue weighted by Gasteiger charge is 2.31. The molecule has 0 fully saturated rings. The van der Waals surface area contributed by atoms with Gasteiger partial charge in [-0.15, -0.1) is 0 Å². The summed E-state index contributed by atoms with van der Waals surface area (Å²) in [6.45, 7) is 12.1. The molecule has 3 N–H and O–H groups in total. The third-order valence-electron chi connectivity index (χ3n) is 22.4. The fraction of sp³-hybridized carbons (Fsp3) is 0.957. The van der Waals surface area contributed by atoms with Gasteiger partial charge >= 0.3 is 39.5 Å². The van der Waals surface area contributed by atoms with E-state index in [0.717, 1.165) is 108 Å². The molecule has 0 bridgehead atoms. The summed E-state index contributed by atoms with van der Waals surface area (Å²) >= 11 is 0. The van der Waals surface area contributed by atoms with Crippen LogP contribution in [-0.2, 0) is 65.4 Å². The van der Waals surface area contributed by atoms with Crippen molar-refractivity contribution < 1.29 is 80.2 Å². The number of hydrogen-bond donors (Lipinski definition) is 3. The molecule has 0 aromatic heterocycles. The molecule has 7 atom stereocenters. The van der Waals surface area contributed by atoms with Crippen LogP contribution < -0.4 is 0 Å². The number of phosphoric ester groups is 2. The van der Waals surface area contributed by atoms with Gasteiger partial charge in [0.25, 0.3) is 0 Å². The van der Waals surface area contributed by atoms with Crippen LogP contribution in [0.5, 0.6) is 0 Å².